The molecule has 2 amide bonds. The van der Waals surface area contributed by atoms with E-state index in [1.54, 1.807) is 31.3 Å². The Labute approximate surface area is 182 Å². The van der Waals surface area contributed by atoms with Crippen molar-refractivity contribution in [3.8, 4) is 0 Å². The van der Waals surface area contributed by atoms with Gasteiger partial charge in [0.25, 0.3) is 0 Å². The molecular formula is C21H19N3O6S. The Hall–Kier alpha value is -3.66. The van der Waals surface area contributed by atoms with Gasteiger partial charge in [0, 0.05) is 19.2 Å². The molecule has 2 aromatic carbocycles. The van der Waals surface area contributed by atoms with Crippen LogP contribution in [0.4, 0.5) is 11.4 Å². The van der Waals surface area contributed by atoms with E-state index in [0.717, 1.165) is 11.8 Å². The number of nitrogens with one attached hydrogen (secondary N) is 1. The van der Waals surface area contributed by atoms with Gasteiger partial charge in [0.2, 0.25) is 11.8 Å². The third-order valence-corrected chi connectivity index (χ3v) is 5.71. The Morgan fingerprint density at radius 1 is 1.10 bits per heavy atom. The SMILES string of the molecule is COC(=O)c1ccc(N=C2S[C@@H](C(=O)Nc3ccc(C(=O)O)cc3)CC(=O)N2C)cc1. The lowest BCUT2D eigenvalue weighted by molar-refractivity contribution is -0.128. The van der Waals surface area contributed by atoms with Gasteiger partial charge in [0.1, 0.15) is 5.25 Å². The fourth-order valence-electron chi connectivity index (χ4n) is 2.72. The van der Waals surface area contributed by atoms with E-state index in [9.17, 15) is 19.2 Å². The number of aliphatic imine (C=N–C) groups is 1. The van der Waals surface area contributed by atoms with Crippen molar-refractivity contribution in [2.45, 2.75) is 11.7 Å². The molecule has 0 unspecified atom stereocenters. The number of hydrogen-bond donors (Lipinski definition) is 2. The molecule has 2 aromatic rings. The van der Waals surface area contributed by atoms with Crippen LogP contribution in [0.5, 0.6) is 0 Å². The monoisotopic (exact) mass is 441 g/mol. The predicted molar refractivity (Wildman–Crippen MR) is 116 cm³/mol. The summed E-state index contributed by atoms with van der Waals surface area (Å²) in [5.74, 6) is -2.17. The maximum absolute atomic E-state index is 12.7. The number of carboxylic acids is 1. The van der Waals surface area contributed by atoms with Crippen LogP contribution in [0.2, 0.25) is 0 Å². The first kappa shape index (κ1) is 22.0. The lowest BCUT2D eigenvalue weighted by Gasteiger charge is -2.28. The summed E-state index contributed by atoms with van der Waals surface area (Å²) in [5.41, 5.74) is 1.42. The molecule has 0 bridgehead atoms. The van der Waals surface area contributed by atoms with Crippen molar-refractivity contribution in [2.75, 3.05) is 19.5 Å². The number of ether oxygens (including phenoxy) is 1. The summed E-state index contributed by atoms with van der Waals surface area (Å²) >= 11 is 1.15. The summed E-state index contributed by atoms with van der Waals surface area (Å²) in [5, 5.41) is 11.3. The number of benzene rings is 2. The molecule has 0 saturated carbocycles. The number of carboxylic acid groups (broad SMARTS) is 1. The second kappa shape index (κ2) is 9.43. The van der Waals surface area contributed by atoms with Crippen LogP contribution in [0.1, 0.15) is 27.1 Å². The normalized spacial score (nSPS) is 17.4. The first-order valence-corrected chi connectivity index (χ1v) is 10.0. The molecule has 2 N–H and O–H groups in total. The van der Waals surface area contributed by atoms with Gasteiger partial charge in [-0.1, -0.05) is 11.8 Å². The van der Waals surface area contributed by atoms with Crippen molar-refractivity contribution in [1.82, 2.24) is 4.90 Å². The van der Waals surface area contributed by atoms with Crippen molar-refractivity contribution >= 4 is 52.1 Å². The lowest BCUT2D eigenvalue weighted by Crippen LogP contribution is -2.43. The van der Waals surface area contributed by atoms with Gasteiger partial charge in [-0.25, -0.2) is 14.6 Å². The van der Waals surface area contributed by atoms with Crippen LogP contribution < -0.4 is 5.32 Å². The quantitative estimate of drug-likeness (QED) is 0.684. The number of carbonyl (C=O) groups excluding carboxylic acids is 3. The lowest BCUT2D eigenvalue weighted by atomic mass is 10.2. The van der Waals surface area contributed by atoms with Gasteiger partial charge in [0.15, 0.2) is 5.17 Å². The molecule has 0 aromatic heterocycles. The van der Waals surface area contributed by atoms with Crippen LogP contribution in [0.15, 0.2) is 53.5 Å². The minimum Gasteiger partial charge on any atom is -0.478 e. The van der Waals surface area contributed by atoms with Crippen molar-refractivity contribution < 1.29 is 29.0 Å². The van der Waals surface area contributed by atoms with Gasteiger partial charge in [-0.3, -0.25) is 14.5 Å². The number of amidine groups is 1. The van der Waals surface area contributed by atoms with E-state index in [1.807, 2.05) is 0 Å². The van der Waals surface area contributed by atoms with Gasteiger partial charge in [-0.15, -0.1) is 0 Å². The van der Waals surface area contributed by atoms with Crippen LogP contribution in [0.25, 0.3) is 0 Å². The fraction of sp³-hybridized carbons (Fsp3) is 0.190. The molecule has 1 saturated heterocycles. The molecule has 160 valence electrons. The fourth-order valence-corrected chi connectivity index (χ4v) is 3.78. The molecule has 1 atom stereocenters. The average molecular weight is 441 g/mol. The van der Waals surface area contributed by atoms with Gasteiger partial charge in [-0.05, 0) is 48.5 Å². The van der Waals surface area contributed by atoms with Gasteiger partial charge in [0.05, 0.1) is 23.9 Å². The van der Waals surface area contributed by atoms with Crippen molar-refractivity contribution in [3.63, 3.8) is 0 Å². The first-order valence-electron chi connectivity index (χ1n) is 9.13. The highest BCUT2D eigenvalue weighted by molar-refractivity contribution is 8.15. The third kappa shape index (κ3) is 5.28. The molecular weight excluding hydrogens is 422 g/mol. The molecule has 1 heterocycles. The number of nitrogens with zero attached hydrogens (tertiary/aromatic N) is 2. The number of amides is 2. The average Bonchev–Trinajstić information content (AvgIpc) is 2.77. The molecule has 0 radical (unpaired) electrons. The van der Waals surface area contributed by atoms with Crippen LogP contribution >= 0.6 is 11.8 Å². The largest absolute Gasteiger partial charge is 0.478 e. The summed E-state index contributed by atoms with van der Waals surface area (Å²) in [6, 6.07) is 12.1. The predicted octanol–water partition coefficient (Wildman–Crippen LogP) is 2.76. The number of methoxy groups -OCH3 is 1. The molecule has 1 aliphatic heterocycles. The summed E-state index contributed by atoms with van der Waals surface area (Å²) in [7, 11) is 2.87. The molecule has 0 aliphatic carbocycles. The third-order valence-electron chi connectivity index (χ3n) is 4.47. The maximum atomic E-state index is 12.7. The number of carbonyl (C=O) groups is 4. The number of esters is 1. The zero-order chi connectivity index (χ0) is 22.5. The second-order valence-corrected chi connectivity index (χ2v) is 7.74. The Morgan fingerprint density at radius 3 is 2.29 bits per heavy atom. The van der Waals surface area contributed by atoms with E-state index in [1.165, 1.54) is 36.3 Å². The summed E-state index contributed by atoms with van der Waals surface area (Å²) in [4.78, 5) is 53.3. The van der Waals surface area contributed by atoms with E-state index in [0.29, 0.717) is 22.1 Å². The van der Waals surface area contributed by atoms with Crippen molar-refractivity contribution in [3.05, 3.63) is 59.7 Å². The second-order valence-electron chi connectivity index (χ2n) is 6.57. The van der Waals surface area contributed by atoms with E-state index in [-0.39, 0.29) is 23.8 Å². The highest BCUT2D eigenvalue weighted by atomic mass is 32.2. The summed E-state index contributed by atoms with van der Waals surface area (Å²) in [6.07, 6.45) is 0.000504. The zero-order valence-electron chi connectivity index (χ0n) is 16.7. The molecule has 31 heavy (non-hydrogen) atoms. The molecule has 10 heteroatoms. The minimum atomic E-state index is -1.06. The molecule has 9 nitrogen and oxygen atoms in total. The molecule has 1 aliphatic rings. The Balaban J connectivity index is 1.74. The number of rotatable bonds is 5. The number of aromatic carboxylic acids is 1. The standard InChI is InChI=1S/C21H19N3O6S/c1-24-17(25)11-16(18(26)22-14-7-3-12(4-8-14)19(27)28)31-21(24)23-15-9-5-13(6-10-15)20(29)30-2/h3-10,16H,11H2,1-2H3,(H,22,26)(H,27,28)/t16-/m1/s1. The van der Waals surface area contributed by atoms with Gasteiger partial charge < -0.3 is 15.2 Å². The topological polar surface area (TPSA) is 125 Å². The van der Waals surface area contributed by atoms with E-state index in [2.05, 4.69) is 15.0 Å². The van der Waals surface area contributed by atoms with Gasteiger partial charge in [-0.2, -0.15) is 0 Å². The van der Waals surface area contributed by atoms with E-state index >= 15 is 0 Å². The van der Waals surface area contributed by atoms with Gasteiger partial charge >= 0.3 is 11.9 Å². The minimum absolute atomic E-state index is 0.000504. The number of anilines is 1. The highest BCUT2D eigenvalue weighted by Crippen LogP contribution is 2.29. The summed E-state index contributed by atoms with van der Waals surface area (Å²) < 4.78 is 4.66. The van der Waals surface area contributed by atoms with Crippen molar-refractivity contribution in [2.24, 2.45) is 4.99 Å². The maximum Gasteiger partial charge on any atom is 0.337 e. The van der Waals surface area contributed by atoms with E-state index < -0.39 is 17.2 Å². The molecule has 0 spiro atoms. The first-order chi connectivity index (χ1) is 14.8. The van der Waals surface area contributed by atoms with E-state index in [4.69, 9.17) is 5.11 Å². The Kier molecular flexibility index (Phi) is 6.71. The molecule has 3 rings (SSSR count). The molecule has 1 fully saturated rings. The van der Waals surface area contributed by atoms with Crippen LogP contribution in [-0.2, 0) is 14.3 Å². The number of hydrogen-bond acceptors (Lipinski definition) is 7. The smallest absolute Gasteiger partial charge is 0.337 e. The van der Waals surface area contributed by atoms with Crippen LogP contribution in [0, 0.1) is 0 Å². The highest BCUT2D eigenvalue weighted by Gasteiger charge is 2.34. The zero-order valence-corrected chi connectivity index (χ0v) is 17.5. The van der Waals surface area contributed by atoms with Crippen LogP contribution in [-0.4, -0.2) is 58.3 Å². The summed E-state index contributed by atoms with van der Waals surface area (Å²) in [6.45, 7) is 0. The van der Waals surface area contributed by atoms with Crippen molar-refractivity contribution in [1.29, 1.82) is 0 Å². The van der Waals surface area contributed by atoms with Crippen LogP contribution in [0.3, 0.4) is 0 Å². The Bertz CT molecular complexity index is 1050. The number of thioether (sulfide) groups is 1. The Morgan fingerprint density at radius 2 is 1.71 bits per heavy atom.